The molecule has 2 N–H and O–H groups in total. The summed E-state index contributed by atoms with van der Waals surface area (Å²) in [6.45, 7) is 6.62. The Kier molecular flexibility index (Phi) is 6.87. The van der Waals surface area contributed by atoms with Gasteiger partial charge in [-0.25, -0.2) is 0 Å². The van der Waals surface area contributed by atoms with Crippen LogP contribution in [0, 0.1) is 5.92 Å². The van der Waals surface area contributed by atoms with Crippen molar-refractivity contribution in [2.45, 2.75) is 26.1 Å². The van der Waals surface area contributed by atoms with Crippen LogP contribution in [-0.2, 0) is 20.5 Å². The van der Waals surface area contributed by atoms with E-state index in [1.165, 1.54) is 6.07 Å². The van der Waals surface area contributed by atoms with Crippen LogP contribution in [0.3, 0.4) is 0 Å². The minimum Gasteiger partial charge on any atom is -0.378 e. The summed E-state index contributed by atoms with van der Waals surface area (Å²) in [5, 5.41) is 5.43. The van der Waals surface area contributed by atoms with Gasteiger partial charge < -0.3 is 20.3 Å². The summed E-state index contributed by atoms with van der Waals surface area (Å²) in [7, 11) is 0. The van der Waals surface area contributed by atoms with E-state index < -0.39 is 23.7 Å². The molecule has 2 fully saturated rings. The van der Waals surface area contributed by atoms with Crippen LogP contribution in [0.4, 0.5) is 24.5 Å². The van der Waals surface area contributed by atoms with E-state index >= 15 is 0 Å². The molecule has 1 unspecified atom stereocenters. The number of piperazine rings is 1. The molecule has 3 rings (SSSR count). The Morgan fingerprint density at radius 2 is 1.97 bits per heavy atom. The summed E-state index contributed by atoms with van der Waals surface area (Å²) in [5.41, 5.74) is -0.192. The third-order valence-electron chi connectivity index (χ3n) is 5.29. The van der Waals surface area contributed by atoms with Crippen molar-refractivity contribution >= 4 is 23.2 Å². The lowest BCUT2D eigenvalue weighted by Crippen LogP contribution is -2.58. The number of morpholine rings is 1. The Bertz CT molecular complexity index is 779. The SMILES string of the molecule is CC(C)C1C(=O)NCCN1CC(=O)Nc1cc(C(F)(F)F)ccc1N1CCOCC1. The summed E-state index contributed by atoms with van der Waals surface area (Å²) in [5.74, 6) is -0.600. The molecule has 0 aliphatic carbocycles. The van der Waals surface area contributed by atoms with E-state index in [9.17, 15) is 22.8 Å². The first-order chi connectivity index (χ1) is 14.2. The first-order valence-electron chi connectivity index (χ1n) is 10.0. The summed E-state index contributed by atoms with van der Waals surface area (Å²) >= 11 is 0. The predicted octanol–water partition coefficient (Wildman–Crippen LogP) is 1.94. The molecule has 2 saturated heterocycles. The van der Waals surface area contributed by atoms with Gasteiger partial charge in [-0.2, -0.15) is 13.2 Å². The topological polar surface area (TPSA) is 73.9 Å². The lowest BCUT2D eigenvalue weighted by molar-refractivity contribution is -0.137. The molecule has 2 aliphatic rings. The molecule has 10 heteroatoms. The third kappa shape index (κ3) is 5.23. The first kappa shape index (κ1) is 22.4. The molecule has 30 heavy (non-hydrogen) atoms. The highest BCUT2D eigenvalue weighted by atomic mass is 19.4. The second-order valence-corrected chi connectivity index (χ2v) is 7.83. The van der Waals surface area contributed by atoms with E-state index in [2.05, 4.69) is 10.6 Å². The van der Waals surface area contributed by atoms with Crippen LogP contribution in [-0.4, -0.2) is 68.7 Å². The second-order valence-electron chi connectivity index (χ2n) is 7.83. The zero-order chi connectivity index (χ0) is 21.9. The molecule has 0 radical (unpaired) electrons. The largest absolute Gasteiger partial charge is 0.416 e. The number of benzene rings is 1. The Hall–Kier alpha value is -2.33. The maximum Gasteiger partial charge on any atom is 0.416 e. The molecule has 0 aromatic heterocycles. The number of hydrogen-bond acceptors (Lipinski definition) is 5. The summed E-state index contributed by atoms with van der Waals surface area (Å²) < 4.78 is 45.0. The zero-order valence-electron chi connectivity index (χ0n) is 17.1. The van der Waals surface area contributed by atoms with E-state index in [0.717, 1.165) is 12.1 Å². The van der Waals surface area contributed by atoms with Gasteiger partial charge in [0.05, 0.1) is 42.7 Å². The molecule has 0 bridgehead atoms. The average molecular weight is 428 g/mol. The second kappa shape index (κ2) is 9.22. The van der Waals surface area contributed by atoms with E-state index in [0.29, 0.717) is 45.1 Å². The van der Waals surface area contributed by atoms with E-state index in [1.54, 1.807) is 4.90 Å². The first-order valence-corrected chi connectivity index (χ1v) is 10.0. The van der Waals surface area contributed by atoms with Gasteiger partial charge in [0.15, 0.2) is 0 Å². The smallest absolute Gasteiger partial charge is 0.378 e. The lowest BCUT2D eigenvalue weighted by Gasteiger charge is -2.37. The minimum atomic E-state index is -4.52. The van der Waals surface area contributed by atoms with Crippen molar-refractivity contribution in [3.8, 4) is 0 Å². The van der Waals surface area contributed by atoms with Gasteiger partial charge in [0, 0.05) is 26.2 Å². The maximum atomic E-state index is 13.2. The van der Waals surface area contributed by atoms with Crippen molar-refractivity contribution in [1.29, 1.82) is 0 Å². The average Bonchev–Trinajstić information content (AvgIpc) is 2.67. The van der Waals surface area contributed by atoms with E-state index in [-0.39, 0.29) is 24.1 Å². The van der Waals surface area contributed by atoms with Gasteiger partial charge in [-0.3, -0.25) is 14.5 Å². The monoisotopic (exact) mass is 428 g/mol. The van der Waals surface area contributed by atoms with Gasteiger partial charge in [0.2, 0.25) is 11.8 Å². The highest BCUT2D eigenvalue weighted by Gasteiger charge is 2.34. The Morgan fingerprint density at radius 1 is 1.27 bits per heavy atom. The number of carbonyl (C=O) groups is 2. The fourth-order valence-corrected chi connectivity index (χ4v) is 3.90. The molecule has 1 aromatic rings. The van der Waals surface area contributed by atoms with Crippen LogP contribution in [0.1, 0.15) is 19.4 Å². The number of halogens is 3. The number of nitrogens with one attached hydrogen (secondary N) is 2. The standard InChI is InChI=1S/C20H27F3N4O3/c1-13(2)18-19(29)24-5-6-27(18)12-17(28)25-15-11-14(20(21,22)23)3-4-16(15)26-7-9-30-10-8-26/h3-4,11,13,18H,5-10,12H2,1-2H3,(H,24,29)(H,25,28). The maximum absolute atomic E-state index is 13.2. The fraction of sp³-hybridized carbons (Fsp3) is 0.600. The Balaban J connectivity index is 1.80. The minimum absolute atomic E-state index is 0.00410. The Morgan fingerprint density at radius 3 is 2.60 bits per heavy atom. The highest BCUT2D eigenvalue weighted by Crippen LogP contribution is 2.35. The Labute approximate surface area is 173 Å². The van der Waals surface area contributed by atoms with Crippen molar-refractivity contribution in [1.82, 2.24) is 10.2 Å². The number of alkyl halides is 3. The molecule has 2 aliphatic heterocycles. The summed E-state index contributed by atoms with van der Waals surface area (Å²) in [6.07, 6.45) is -4.52. The quantitative estimate of drug-likeness (QED) is 0.750. The number of anilines is 2. The molecule has 0 saturated carbocycles. The van der Waals surface area contributed by atoms with Crippen molar-refractivity contribution in [2.75, 3.05) is 56.2 Å². The molecular formula is C20H27F3N4O3. The molecule has 1 aromatic carbocycles. The summed E-state index contributed by atoms with van der Waals surface area (Å²) in [6, 6.07) is 2.91. The van der Waals surface area contributed by atoms with Crippen molar-refractivity contribution < 1.29 is 27.5 Å². The fourth-order valence-electron chi connectivity index (χ4n) is 3.90. The van der Waals surface area contributed by atoms with Gasteiger partial charge >= 0.3 is 6.18 Å². The van der Waals surface area contributed by atoms with Crippen LogP contribution in [0.5, 0.6) is 0 Å². The molecule has 1 atom stereocenters. The van der Waals surface area contributed by atoms with Crippen LogP contribution in [0.15, 0.2) is 18.2 Å². The number of carbonyl (C=O) groups excluding carboxylic acids is 2. The van der Waals surface area contributed by atoms with Gasteiger partial charge in [-0.05, 0) is 24.1 Å². The predicted molar refractivity (Wildman–Crippen MR) is 106 cm³/mol. The van der Waals surface area contributed by atoms with Crippen LogP contribution >= 0.6 is 0 Å². The number of rotatable bonds is 5. The normalized spacial score (nSPS) is 20.9. The van der Waals surface area contributed by atoms with E-state index in [1.807, 2.05) is 18.7 Å². The molecule has 2 amide bonds. The number of amides is 2. The molecule has 2 heterocycles. The number of hydrogen-bond donors (Lipinski definition) is 2. The highest BCUT2D eigenvalue weighted by molar-refractivity contribution is 5.96. The number of nitrogens with zero attached hydrogens (tertiary/aromatic N) is 2. The van der Waals surface area contributed by atoms with Crippen LogP contribution in [0.25, 0.3) is 0 Å². The van der Waals surface area contributed by atoms with Gasteiger partial charge in [-0.15, -0.1) is 0 Å². The van der Waals surface area contributed by atoms with Gasteiger partial charge in [-0.1, -0.05) is 13.8 Å². The number of ether oxygens (including phenoxy) is 1. The zero-order valence-corrected chi connectivity index (χ0v) is 17.1. The molecular weight excluding hydrogens is 401 g/mol. The molecule has 0 spiro atoms. The van der Waals surface area contributed by atoms with Crippen molar-refractivity contribution in [3.63, 3.8) is 0 Å². The molecule has 166 valence electrons. The third-order valence-corrected chi connectivity index (χ3v) is 5.29. The van der Waals surface area contributed by atoms with Crippen molar-refractivity contribution in [3.05, 3.63) is 23.8 Å². The van der Waals surface area contributed by atoms with Gasteiger partial charge in [0.25, 0.3) is 0 Å². The van der Waals surface area contributed by atoms with Crippen LogP contribution < -0.4 is 15.5 Å². The van der Waals surface area contributed by atoms with Gasteiger partial charge in [0.1, 0.15) is 0 Å². The summed E-state index contributed by atoms with van der Waals surface area (Å²) in [4.78, 5) is 28.6. The van der Waals surface area contributed by atoms with Crippen LogP contribution in [0.2, 0.25) is 0 Å². The van der Waals surface area contributed by atoms with Crippen molar-refractivity contribution in [2.24, 2.45) is 5.92 Å². The van der Waals surface area contributed by atoms with E-state index in [4.69, 9.17) is 4.74 Å². The lowest BCUT2D eigenvalue weighted by atomic mass is 9.99. The molecule has 7 nitrogen and oxygen atoms in total.